The molecule has 0 saturated carbocycles. The van der Waals surface area contributed by atoms with E-state index >= 15 is 0 Å². The molecule has 2 fully saturated rings. The van der Waals surface area contributed by atoms with Crippen LogP contribution in [0.3, 0.4) is 0 Å². The van der Waals surface area contributed by atoms with E-state index in [1.165, 1.54) is 24.8 Å². The fourth-order valence-corrected chi connectivity index (χ4v) is 3.42. The number of piperidine rings is 1. The zero-order valence-corrected chi connectivity index (χ0v) is 13.9. The Balaban J connectivity index is 2.07. The van der Waals surface area contributed by atoms with Crippen LogP contribution >= 0.6 is 11.6 Å². The maximum absolute atomic E-state index is 14.2. The van der Waals surface area contributed by atoms with Gasteiger partial charge in [0.15, 0.2) is 0 Å². The number of hydrogen-bond donors (Lipinski definition) is 0. The monoisotopic (exact) mass is 341 g/mol. The molecule has 0 radical (unpaired) electrons. The van der Waals surface area contributed by atoms with Crippen molar-refractivity contribution >= 4 is 29.4 Å². The Kier molecular flexibility index (Phi) is 3.51. The first-order valence-corrected chi connectivity index (χ1v) is 7.74. The number of pyridine rings is 1. The summed E-state index contributed by atoms with van der Waals surface area (Å²) in [7, 11) is 0. The Morgan fingerprint density at radius 1 is 1.43 bits per heavy atom. The SMILES string of the molecule is Cc1cc(Cl)c(C)[n+]([O-])c1N1C(=O)C2CC(C)(F)CCN2C1=O. The first-order chi connectivity index (χ1) is 10.6. The molecule has 0 spiro atoms. The fourth-order valence-electron chi connectivity index (χ4n) is 3.18. The number of carbonyl (C=O) groups excluding carboxylic acids is 2. The van der Waals surface area contributed by atoms with E-state index in [9.17, 15) is 19.2 Å². The lowest BCUT2D eigenvalue weighted by Gasteiger charge is -2.33. The van der Waals surface area contributed by atoms with Gasteiger partial charge in [0.2, 0.25) is 0 Å². The minimum atomic E-state index is -1.49. The molecule has 3 amide bonds. The van der Waals surface area contributed by atoms with Crippen LogP contribution in [0.25, 0.3) is 0 Å². The van der Waals surface area contributed by atoms with Crippen LogP contribution in [0, 0.1) is 19.1 Å². The number of urea groups is 1. The first-order valence-electron chi connectivity index (χ1n) is 7.37. The average Bonchev–Trinajstić information content (AvgIpc) is 2.68. The second-order valence-corrected chi connectivity index (χ2v) is 6.82. The maximum Gasteiger partial charge on any atom is 0.419 e. The molecule has 2 aliphatic rings. The number of nitrogens with zero attached hydrogens (tertiary/aromatic N) is 3. The summed E-state index contributed by atoms with van der Waals surface area (Å²) in [6.07, 6.45) is 0.116. The van der Waals surface area contributed by atoms with Crippen molar-refractivity contribution in [2.75, 3.05) is 11.4 Å². The maximum atomic E-state index is 14.2. The van der Waals surface area contributed by atoms with Crippen molar-refractivity contribution < 1.29 is 18.7 Å². The number of aromatic nitrogens is 1. The van der Waals surface area contributed by atoms with Gasteiger partial charge in [-0.2, -0.15) is 0 Å². The van der Waals surface area contributed by atoms with Crippen molar-refractivity contribution in [3.63, 3.8) is 0 Å². The van der Waals surface area contributed by atoms with Crippen LogP contribution < -0.4 is 9.63 Å². The van der Waals surface area contributed by atoms with E-state index in [0.29, 0.717) is 10.3 Å². The van der Waals surface area contributed by atoms with Gasteiger partial charge in [-0.3, -0.25) is 4.90 Å². The van der Waals surface area contributed by atoms with Crippen molar-refractivity contribution in [2.45, 2.75) is 45.3 Å². The number of hydrogen-bond acceptors (Lipinski definition) is 3. The van der Waals surface area contributed by atoms with Gasteiger partial charge in [0.25, 0.3) is 5.82 Å². The summed E-state index contributed by atoms with van der Waals surface area (Å²) in [6.45, 7) is 4.70. The number of carbonyl (C=O) groups is 2. The summed E-state index contributed by atoms with van der Waals surface area (Å²) in [6, 6.07) is 0.101. The molecule has 2 aliphatic heterocycles. The number of anilines is 1. The van der Waals surface area contributed by atoms with Gasteiger partial charge < -0.3 is 5.21 Å². The van der Waals surface area contributed by atoms with Gasteiger partial charge >= 0.3 is 11.9 Å². The molecule has 2 atom stereocenters. The second-order valence-electron chi connectivity index (χ2n) is 6.41. The Bertz CT molecular complexity index is 722. The van der Waals surface area contributed by atoms with Gasteiger partial charge in [0.05, 0.1) is 5.02 Å². The summed E-state index contributed by atoms with van der Waals surface area (Å²) >= 11 is 5.96. The van der Waals surface area contributed by atoms with Crippen LogP contribution in [0.15, 0.2) is 6.07 Å². The van der Waals surface area contributed by atoms with E-state index in [-0.39, 0.29) is 35.9 Å². The summed E-state index contributed by atoms with van der Waals surface area (Å²) in [5, 5.41) is 12.7. The normalized spacial score (nSPS) is 27.6. The van der Waals surface area contributed by atoms with Crippen molar-refractivity contribution in [1.82, 2.24) is 4.90 Å². The standard InChI is InChI=1S/C15H17ClFN3O3/c1-8-6-10(16)9(2)20(23)12(8)19-13(21)11-7-15(3,17)4-5-18(11)14(19)22/h6,11H,4-5,7H2,1-3H3. The number of alkyl halides is 1. The topological polar surface area (TPSA) is 67.6 Å². The number of amides is 3. The summed E-state index contributed by atoms with van der Waals surface area (Å²) in [4.78, 5) is 27.4. The molecular formula is C15H17ClFN3O3. The number of halogens is 2. The Labute approximate surface area is 138 Å². The summed E-state index contributed by atoms with van der Waals surface area (Å²) in [5.41, 5.74) is -0.876. The van der Waals surface area contributed by atoms with Crippen LogP contribution in [0.5, 0.6) is 0 Å². The van der Waals surface area contributed by atoms with Gasteiger partial charge in [-0.25, -0.2) is 18.7 Å². The molecule has 8 heteroatoms. The van der Waals surface area contributed by atoms with E-state index in [1.54, 1.807) is 6.92 Å². The lowest BCUT2D eigenvalue weighted by molar-refractivity contribution is -0.598. The highest BCUT2D eigenvalue weighted by molar-refractivity contribution is 6.31. The Morgan fingerprint density at radius 2 is 2.09 bits per heavy atom. The Hall–Kier alpha value is -1.89. The molecule has 0 N–H and O–H groups in total. The molecule has 1 aromatic rings. The molecule has 2 unspecified atom stereocenters. The second kappa shape index (κ2) is 5.06. The molecule has 0 aromatic carbocycles. The molecule has 23 heavy (non-hydrogen) atoms. The highest BCUT2D eigenvalue weighted by Crippen LogP contribution is 2.37. The van der Waals surface area contributed by atoms with E-state index in [0.717, 1.165) is 4.90 Å². The molecule has 2 saturated heterocycles. The molecule has 0 aliphatic carbocycles. The van der Waals surface area contributed by atoms with Crippen molar-refractivity contribution in [2.24, 2.45) is 0 Å². The van der Waals surface area contributed by atoms with Gasteiger partial charge in [0.1, 0.15) is 17.4 Å². The number of rotatable bonds is 1. The van der Waals surface area contributed by atoms with Crippen LogP contribution in [0.2, 0.25) is 5.02 Å². The third-order valence-electron chi connectivity index (χ3n) is 4.56. The smallest absolute Gasteiger partial charge is 0.419 e. The lowest BCUT2D eigenvalue weighted by atomic mass is 9.90. The van der Waals surface area contributed by atoms with E-state index in [2.05, 4.69) is 0 Å². The van der Waals surface area contributed by atoms with E-state index in [1.807, 2.05) is 0 Å². The predicted molar refractivity (Wildman–Crippen MR) is 82.0 cm³/mol. The molecule has 3 rings (SSSR count). The van der Waals surface area contributed by atoms with Crippen LogP contribution in [-0.4, -0.2) is 35.1 Å². The minimum absolute atomic E-state index is 0.0570. The Morgan fingerprint density at radius 3 is 2.74 bits per heavy atom. The molecule has 0 bridgehead atoms. The quantitative estimate of drug-likeness (QED) is 0.447. The largest absolute Gasteiger partial charge is 0.710 e. The van der Waals surface area contributed by atoms with Crippen LogP contribution in [-0.2, 0) is 4.79 Å². The zero-order chi connectivity index (χ0) is 17.1. The third-order valence-corrected chi connectivity index (χ3v) is 4.94. The number of fused-ring (bicyclic) bond motifs is 1. The minimum Gasteiger partial charge on any atom is -0.710 e. The number of aryl methyl sites for hydroxylation is 1. The zero-order valence-electron chi connectivity index (χ0n) is 13.1. The predicted octanol–water partition coefficient (Wildman–Crippen LogP) is 2.25. The van der Waals surface area contributed by atoms with Gasteiger partial charge in [-0.1, -0.05) is 11.6 Å². The molecule has 124 valence electrons. The van der Waals surface area contributed by atoms with E-state index in [4.69, 9.17) is 11.6 Å². The van der Waals surface area contributed by atoms with Crippen molar-refractivity contribution in [3.8, 4) is 0 Å². The van der Waals surface area contributed by atoms with Gasteiger partial charge in [0, 0.05) is 18.5 Å². The van der Waals surface area contributed by atoms with Crippen molar-refractivity contribution in [1.29, 1.82) is 0 Å². The average molecular weight is 342 g/mol. The van der Waals surface area contributed by atoms with Gasteiger partial charge in [-0.15, -0.1) is 4.90 Å². The summed E-state index contributed by atoms with van der Waals surface area (Å²) < 4.78 is 14.7. The first kappa shape index (κ1) is 16.0. The van der Waals surface area contributed by atoms with Crippen LogP contribution in [0.1, 0.15) is 31.0 Å². The molecule has 1 aromatic heterocycles. The lowest BCUT2D eigenvalue weighted by Crippen LogP contribution is -2.47. The highest BCUT2D eigenvalue weighted by Gasteiger charge is 2.57. The van der Waals surface area contributed by atoms with Gasteiger partial charge in [-0.05, 0) is 33.3 Å². The molecule has 3 heterocycles. The van der Waals surface area contributed by atoms with E-state index < -0.39 is 23.6 Å². The molecular weight excluding hydrogens is 325 g/mol. The number of imide groups is 1. The fraction of sp³-hybridized carbons (Fsp3) is 0.533. The third kappa shape index (κ3) is 2.34. The summed E-state index contributed by atoms with van der Waals surface area (Å²) in [5.74, 6) is -0.621. The molecule has 6 nitrogen and oxygen atoms in total. The highest BCUT2D eigenvalue weighted by atomic mass is 35.5. The van der Waals surface area contributed by atoms with Crippen LogP contribution in [0.4, 0.5) is 15.0 Å². The van der Waals surface area contributed by atoms with Crippen molar-refractivity contribution in [3.05, 3.63) is 27.6 Å².